The lowest BCUT2D eigenvalue weighted by molar-refractivity contribution is 0.360. The average molecular weight is 833 g/mol. The van der Waals surface area contributed by atoms with Crippen LogP contribution in [0.2, 0.25) is 0 Å². The quantitative estimate of drug-likeness (QED) is 0.159. The van der Waals surface area contributed by atoms with Crippen LogP contribution in [0, 0.1) is 11.3 Å². The number of aromatic nitrogens is 3. The zero-order valence-corrected chi connectivity index (χ0v) is 34.9. The molecule has 0 N–H and O–H groups in total. The zero-order valence-electron chi connectivity index (χ0n) is 34.9. The number of rotatable bonds is 7. The van der Waals surface area contributed by atoms with Crippen LogP contribution < -0.4 is 9.47 Å². The van der Waals surface area contributed by atoms with Crippen LogP contribution >= 0.6 is 0 Å². The fourth-order valence-electron chi connectivity index (χ4n) is 9.51. The Bertz CT molecular complexity index is 3450. The Kier molecular flexibility index (Phi) is 8.99. The molecule has 12 rings (SSSR count). The van der Waals surface area contributed by atoms with Gasteiger partial charge in [0, 0.05) is 22.3 Å². The molecule has 0 radical (unpaired) electrons. The van der Waals surface area contributed by atoms with Crippen molar-refractivity contribution in [3.63, 3.8) is 0 Å². The summed E-state index contributed by atoms with van der Waals surface area (Å²) in [6.07, 6.45) is 0. The highest BCUT2D eigenvalue weighted by molar-refractivity contribution is 5.92. The first-order chi connectivity index (χ1) is 32.1. The summed E-state index contributed by atoms with van der Waals surface area (Å²) in [7, 11) is 0. The lowest BCUT2D eigenvalue weighted by Gasteiger charge is -2.34. The normalized spacial score (nSPS) is 12.7. The van der Waals surface area contributed by atoms with Gasteiger partial charge < -0.3 is 9.47 Å². The van der Waals surface area contributed by atoms with E-state index in [0.717, 1.165) is 55.6 Å². The van der Waals surface area contributed by atoms with Gasteiger partial charge in [0.2, 0.25) is 0 Å². The van der Waals surface area contributed by atoms with Gasteiger partial charge in [0.15, 0.2) is 40.5 Å². The van der Waals surface area contributed by atoms with E-state index in [1.165, 1.54) is 16.7 Å². The molecule has 0 unspecified atom stereocenters. The highest BCUT2D eigenvalue weighted by Crippen LogP contribution is 2.62. The van der Waals surface area contributed by atoms with Crippen molar-refractivity contribution in [2.24, 2.45) is 0 Å². The molecule has 0 saturated carbocycles. The van der Waals surface area contributed by atoms with E-state index in [9.17, 15) is 5.26 Å². The van der Waals surface area contributed by atoms with E-state index in [1.807, 2.05) is 78.9 Å². The molecule has 0 spiro atoms. The summed E-state index contributed by atoms with van der Waals surface area (Å²) in [4.78, 5) is 15.0. The topological polar surface area (TPSA) is 80.9 Å². The third kappa shape index (κ3) is 6.37. The van der Waals surface area contributed by atoms with Gasteiger partial charge in [-0.2, -0.15) is 5.26 Å². The van der Waals surface area contributed by atoms with Gasteiger partial charge in [-0.15, -0.1) is 0 Å². The summed E-state index contributed by atoms with van der Waals surface area (Å²) in [5.41, 5.74) is 13.5. The van der Waals surface area contributed by atoms with E-state index in [-0.39, 0.29) is 0 Å². The summed E-state index contributed by atoms with van der Waals surface area (Å²) in [5.74, 6) is 4.41. The lowest BCUT2D eigenvalue weighted by Crippen LogP contribution is -2.28. The van der Waals surface area contributed by atoms with Gasteiger partial charge in [0.05, 0.1) is 17.0 Å². The maximum atomic E-state index is 9.52. The van der Waals surface area contributed by atoms with E-state index in [1.54, 1.807) is 0 Å². The van der Waals surface area contributed by atoms with Crippen molar-refractivity contribution in [1.29, 1.82) is 5.26 Å². The minimum atomic E-state index is -0.548. The van der Waals surface area contributed by atoms with Crippen LogP contribution in [-0.2, 0) is 5.41 Å². The third-order valence-electron chi connectivity index (χ3n) is 12.5. The van der Waals surface area contributed by atoms with Crippen molar-refractivity contribution >= 4 is 0 Å². The molecule has 0 fully saturated rings. The van der Waals surface area contributed by atoms with Gasteiger partial charge in [-0.05, 0) is 86.5 Å². The molecular weight excluding hydrogens is 797 g/mol. The Morgan fingerprint density at radius 2 is 0.892 bits per heavy atom. The summed E-state index contributed by atoms with van der Waals surface area (Å²) in [6, 6.07) is 76.7. The summed E-state index contributed by atoms with van der Waals surface area (Å²) in [6.45, 7) is 0. The van der Waals surface area contributed by atoms with Gasteiger partial charge in [0.1, 0.15) is 0 Å². The zero-order chi connectivity index (χ0) is 43.3. The van der Waals surface area contributed by atoms with E-state index in [4.69, 9.17) is 24.4 Å². The van der Waals surface area contributed by atoms with Crippen LogP contribution in [0.25, 0.3) is 67.5 Å². The highest BCUT2D eigenvalue weighted by Gasteiger charge is 2.48. The molecule has 10 aromatic rings. The molecule has 1 aromatic heterocycles. The minimum Gasteiger partial charge on any atom is -0.449 e. The SMILES string of the molecule is N#Cc1cccc(-c2cccc(-c3nc(-c4ccccc4)nc(-c4ccc(-c5ccc6c(c5)Oc5c(ccc7c5-c5ccccc5C7(c5ccccc5)c5ccccc5)O6)cc4)n3)c2)c1. The number of fused-ring (bicyclic) bond motifs is 6. The Balaban J connectivity index is 0.905. The number of nitriles is 1. The summed E-state index contributed by atoms with van der Waals surface area (Å²) < 4.78 is 13.6. The van der Waals surface area contributed by atoms with Crippen LogP contribution in [0.5, 0.6) is 23.0 Å². The van der Waals surface area contributed by atoms with Gasteiger partial charge in [-0.1, -0.05) is 182 Å². The molecule has 2 aliphatic rings. The maximum Gasteiger partial charge on any atom is 0.178 e. The predicted octanol–water partition coefficient (Wildman–Crippen LogP) is 14.3. The van der Waals surface area contributed by atoms with Gasteiger partial charge in [-0.3, -0.25) is 0 Å². The second-order valence-electron chi connectivity index (χ2n) is 16.2. The van der Waals surface area contributed by atoms with Crippen molar-refractivity contribution < 1.29 is 9.47 Å². The molecule has 2 heterocycles. The van der Waals surface area contributed by atoms with Crippen LogP contribution in [0.1, 0.15) is 27.8 Å². The van der Waals surface area contributed by atoms with Gasteiger partial charge in [-0.25, -0.2) is 15.0 Å². The Morgan fingerprint density at radius 1 is 0.369 bits per heavy atom. The number of nitrogens with zero attached hydrogens (tertiary/aromatic N) is 4. The first-order valence-corrected chi connectivity index (χ1v) is 21.6. The first kappa shape index (κ1) is 37.8. The van der Waals surface area contributed by atoms with Gasteiger partial charge in [0.25, 0.3) is 0 Å². The molecule has 0 bridgehead atoms. The Hall–Kier alpha value is -8.92. The minimum absolute atomic E-state index is 0.548. The molecule has 1 aliphatic heterocycles. The lowest BCUT2D eigenvalue weighted by atomic mass is 9.68. The fraction of sp³-hybridized carbons (Fsp3) is 0.0169. The molecule has 0 amide bonds. The molecule has 65 heavy (non-hydrogen) atoms. The molecule has 0 atom stereocenters. The first-order valence-electron chi connectivity index (χ1n) is 21.6. The second kappa shape index (κ2) is 15.5. The molecule has 6 heteroatoms. The highest BCUT2D eigenvalue weighted by atomic mass is 16.6. The van der Waals surface area contributed by atoms with Crippen molar-refractivity contribution in [2.75, 3.05) is 0 Å². The monoisotopic (exact) mass is 832 g/mol. The summed E-state index contributed by atoms with van der Waals surface area (Å²) in [5, 5.41) is 9.52. The van der Waals surface area contributed by atoms with Crippen molar-refractivity contribution in [3.05, 3.63) is 246 Å². The molecule has 0 saturated heterocycles. The van der Waals surface area contributed by atoms with E-state index in [0.29, 0.717) is 46.0 Å². The van der Waals surface area contributed by atoms with E-state index >= 15 is 0 Å². The van der Waals surface area contributed by atoms with E-state index < -0.39 is 5.41 Å². The van der Waals surface area contributed by atoms with Crippen molar-refractivity contribution in [1.82, 2.24) is 15.0 Å². The number of benzene rings is 9. The number of ether oxygens (including phenoxy) is 2. The van der Waals surface area contributed by atoms with Crippen LogP contribution in [-0.4, -0.2) is 15.0 Å². The van der Waals surface area contributed by atoms with Crippen molar-refractivity contribution in [3.8, 4) is 96.6 Å². The second-order valence-corrected chi connectivity index (χ2v) is 16.2. The molecular formula is C59H36N4O2. The molecule has 6 nitrogen and oxygen atoms in total. The average Bonchev–Trinajstić information content (AvgIpc) is 3.70. The van der Waals surface area contributed by atoms with Crippen LogP contribution in [0.4, 0.5) is 0 Å². The Labute approximate surface area is 376 Å². The van der Waals surface area contributed by atoms with Crippen LogP contribution in [0.3, 0.4) is 0 Å². The largest absolute Gasteiger partial charge is 0.449 e. The van der Waals surface area contributed by atoms with Gasteiger partial charge >= 0.3 is 0 Å². The molecule has 1 aliphatic carbocycles. The van der Waals surface area contributed by atoms with Crippen molar-refractivity contribution in [2.45, 2.75) is 5.41 Å². The molecule has 304 valence electrons. The van der Waals surface area contributed by atoms with E-state index in [2.05, 4.69) is 146 Å². The third-order valence-corrected chi connectivity index (χ3v) is 12.5. The summed E-state index contributed by atoms with van der Waals surface area (Å²) >= 11 is 0. The maximum absolute atomic E-state index is 9.52. The number of hydrogen-bond donors (Lipinski definition) is 0. The fourth-order valence-corrected chi connectivity index (χ4v) is 9.51. The smallest absolute Gasteiger partial charge is 0.178 e. The Morgan fingerprint density at radius 3 is 1.60 bits per heavy atom. The predicted molar refractivity (Wildman–Crippen MR) is 256 cm³/mol. The van der Waals surface area contributed by atoms with Crippen LogP contribution in [0.15, 0.2) is 218 Å². The standard InChI is InChI=1S/C59H36N4O2/c60-37-38-14-12-17-42(34-38)43-18-13-19-45(35-43)58-62-56(40-15-4-1-5-16-40)61-57(63-58)41-28-26-39(27-29-41)44-30-32-51-53(36-44)65-55-52(64-51)33-31-50-54(55)48-24-10-11-25-49(48)59(50,46-20-6-2-7-21-46)47-22-8-3-9-23-47/h1-36H. The molecule has 9 aromatic carbocycles. The number of hydrogen-bond acceptors (Lipinski definition) is 6.